The largest absolute Gasteiger partial charge is 0.394 e. The summed E-state index contributed by atoms with van der Waals surface area (Å²) in [5.74, 6) is -0.301. The van der Waals surface area contributed by atoms with Gasteiger partial charge in [0.2, 0.25) is 0 Å². The topological polar surface area (TPSA) is 49.5 Å². The molecule has 0 fully saturated rings. The Morgan fingerprint density at radius 3 is 2.56 bits per heavy atom. The molecular weight excluding hydrogens is 207 g/mol. The van der Waals surface area contributed by atoms with Crippen molar-refractivity contribution in [3.63, 3.8) is 0 Å². The van der Waals surface area contributed by atoms with Crippen molar-refractivity contribution in [1.82, 2.24) is 0 Å². The monoisotopic (exact) mass is 226 g/mol. The lowest BCUT2D eigenvalue weighted by Gasteiger charge is -2.28. The molecule has 0 heterocycles. The Morgan fingerprint density at radius 2 is 2.06 bits per heavy atom. The molecule has 0 radical (unpaired) electrons. The molecule has 0 spiro atoms. The van der Waals surface area contributed by atoms with Crippen LogP contribution in [-0.4, -0.2) is 24.8 Å². The molecule has 1 aromatic rings. The van der Waals surface area contributed by atoms with Crippen LogP contribution in [0.15, 0.2) is 18.2 Å². The van der Waals surface area contributed by atoms with Crippen molar-refractivity contribution >= 4 is 5.69 Å². The highest BCUT2D eigenvalue weighted by Crippen LogP contribution is 2.28. The number of rotatable bonds is 4. The lowest BCUT2D eigenvalue weighted by molar-refractivity contribution is 0.270. The van der Waals surface area contributed by atoms with Gasteiger partial charge >= 0.3 is 0 Å². The normalized spacial score (nSPS) is 14.6. The highest BCUT2D eigenvalue weighted by atomic mass is 19.1. The van der Waals surface area contributed by atoms with E-state index in [1.54, 1.807) is 13.0 Å². The van der Waals surface area contributed by atoms with Crippen LogP contribution in [-0.2, 0) is 0 Å². The fourth-order valence-electron chi connectivity index (χ4n) is 1.64. The number of anilines is 1. The third kappa shape index (κ3) is 2.51. The Balaban J connectivity index is 3.17. The summed E-state index contributed by atoms with van der Waals surface area (Å²) in [6.45, 7) is 3.64. The summed E-state index contributed by atoms with van der Waals surface area (Å²) < 4.78 is 13.7. The van der Waals surface area contributed by atoms with Gasteiger partial charge in [-0.3, -0.25) is 0 Å². The summed E-state index contributed by atoms with van der Waals surface area (Å²) >= 11 is 0. The minimum atomic E-state index is -0.371. The summed E-state index contributed by atoms with van der Waals surface area (Å²) in [5.41, 5.74) is 6.99. The van der Waals surface area contributed by atoms with Crippen LogP contribution in [0.4, 0.5) is 10.1 Å². The van der Waals surface area contributed by atoms with Crippen molar-refractivity contribution in [2.45, 2.75) is 25.9 Å². The third-order valence-corrected chi connectivity index (χ3v) is 2.79. The molecule has 0 bridgehead atoms. The standard InChI is InChI=1S/C12H19FN2O/c1-8(7-16)15(3)11-6-4-5-10(13)12(11)9(2)14/h4-6,8-9,16H,7,14H2,1-3H3/t8?,9-/m0/s1. The molecule has 3 nitrogen and oxygen atoms in total. The molecule has 1 rings (SSSR count). The van der Waals surface area contributed by atoms with Gasteiger partial charge in [0.25, 0.3) is 0 Å². The number of aliphatic hydroxyl groups is 1. The van der Waals surface area contributed by atoms with Crippen molar-refractivity contribution in [2.75, 3.05) is 18.6 Å². The predicted molar refractivity (Wildman–Crippen MR) is 64.0 cm³/mol. The van der Waals surface area contributed by atoms with Gasteiger partial charge < -0.3 is 15.7 Å². The molecule has 0 aliphatic rings. The molecule has 0 saturated heterocycles. The summed E-state index contributed by atoms with van der Waals surface area (Å²) in [5, 5.41) is 9.10. The molecule has 0 aliphatic heterocycles. The van der Waals surface area contributed by atoms with Gasteiger partial charge in [-0.1, -0.05) is 6.07 Å². The number of halogens is 1. The smallest absolute Gasteiger partial charge is 0.130 e. The van der Waals surface area contributed by atoms with Gasteiger partial charge in [-0.25, -0.2) is 4.39 Å². The van der Waals surface area contributed by atoms with E-state index in [4.69, 9.17) is 10.8 Å². The zero-order valence-electron chi connectivity index (χ0n) is 9.94. The Labute approximate surface area is 95.7 Å². The van der Waals surface area contributed by atoms with Crippen LogP contribution in [0.5, 0.6) is 0 Å². The molecule has 1 aromatic carbocycles. The molecule has 0 aromatic heterocycles. The van der Waals surface area contributed by atoms with Crippen LogP contribution in [0.2, 0.25) is 0 Å². The van der Waals surface area contributed by atoms with Crippen molar-refractivity contribution in [2.24, 2.45) is 5.73 Å². The van der Waals surface area contributed by atoms with Gasteiger partial charge in [0, 0.05) is 30.4 Å². The van der Waals surface area contributed by atoms with E-state index in [2.05, 4.69) is 0 Å². The maximum atomic E-state index is 13.7. The number of hydrogen-bond donors (Lipinski definition) is 2. The maximum absolute atomic E-state index is 13.7. The number of nitrogens with zero attached hydrogens (tertiary/aromatic N) is 1. The van der Waals surface area contributed by atoms with E-state index in [9.17, 15) is 4.39 Å². The van der Waals surface area contributed by atoms with Gasteiger partial charge in [0.05, 0.1) is 6.61 Å². The van der Waals surface area contributed by atoms with Gasteiger partial charge in [0.1, 0.15) is 5.82 Å². The number of aliphatic hydroxyl groups excluding tert-OH is 1. The SMILES string of the molecule is CC(CO)N(C)c1cccc(F)c1[C@H](C)N. The summed E-state index contributed by atoms with van der Waals surface area (Å²) in [6.07, 6.45) is 0. The van der Waals surface area contributed by atoms with E-state index in [1.807, 2.05) is 24.9 Å². The number of benzene rings is 1. The predicted octanol–water partition coefficient (Wildman–Crippen LogP) is 1.66. The number of nitrogens with two attached hydrogens (primary N) is 1. The molecule has 2 atom stereocenters. The van der Waals surface area contributed by atoms with Crippen molar-refractivity contribution < 1.29 is 9.50 Å². The molecule has 4 heteroatoms. The second-order valence-electron chi connectivity index (χ2n) is 4.10. The Kier molecular flexibility index (Phi) is 4.26. The molecular formula is C12H19FN2O. The highest BCUT2D eigenvalue weighted by molar-refractivity contribution is 5.55. The van der Waals surface area contributed by atoms with E-state index in [0.29, 0.717) is 5.56 Å². The second-order valence-corrected chi connectivity index (χ2v) is 4.10. The summed E-state index contributed by atoms with van der Waals surface area (Å²) in [4.78, 5) is 1.84. The zero-order chi connectivity index (χ0) is 12.3. The summed E-state index contributed by atoms with van der Waals surface area (Å²) in [6, 6.07) is 4.42. The lowest BCUT2D eigenvalue weighted by atomic mass is 10.0. The van der Waals surface area contributed by atoms with Crippen LogP contribution in [0.25, 0.3) is 0 Å². The van der Waals surface area contributed by atoms with Crippen LogP contribution in [0.3, 0.4) is 0 Å². The van der Waals surface area contributed by atoms with E-state index in [1.165, 1.54) is 6.07 Å². The van der Waals surface area contributed by atoms with Gasteiger partial charge in [0.15, 0.2) is 0 Å². The molecule has 1 unspecified atom stereocenters. The molecule has 90 valence electrons. The van der Waals surface area contributed by atoms with Gasteiger partial charge in [-0.2, -0.15) is 0 Å². The quantitative estimate of drug-likeness (QED) is 0.821. The fourth-order valence-corrected chi connectivity index (χ4v) is 1.64. The Morgan fingerprint density at radius 1 is 1.44 bits per heavy atom. The van der Waals surface area contributed by atoms with Crippen LogP contribution < -0.4 is 10.6 Å². The minimum absolute atomic E-state index is 0.0193. The molecule has 0 amide bonds. The first-order chi connectivity index (χ1) is 7.49. The Hall–Kier alpha value is -1.13. The van der Waals surface area contributed by atoms with Crippen molar-refractivity contribution in [3.8, 4) is 0 Å². The Bertz CT molecular complexity index is 355. The molecule has 0 aliphatic carbocycles. The summed E-state index contributed by atoms with van der Waals surface area (Å²) in [7, 11) is 1.82. The second kappa shape index (κ2) is 5.27. The van der Waals surface area contributed by atoms with Crippen LogP contribution in [0.1, 0.15) is 25.5 Å². The number of likely N-dealkylation sites (N-methyl/N-ethyl adjacent to an activating group) is 1. The van der Waals surface area contributed by atoms with Gasteiger partial charge in [-0.05, 0) is 26.0 Å². The fraction of sp³-hybridized carbons (Fsp3) is 0.500. The van der Waals surface area contributed by atoms with E-state index in [0.717, 1.165) is 5.69 Å². The highest BCUT2D eigenvalue weighted by Gasteiger charge is 2.17. The lowest BCUT2D eigenvalue weighted by Crippen LogP contribution is -2.33. The number of hydrogen-bond acceptors (Lipinski definition) is 3. The first kappa shape index (κ1) is 12.9. The van der Waals surface area contributed by atoms with Crippen molar-refractivity contribution in [1.29, 1.82) is 0 Å². The molecule has 3 N–H and O–H groups in total. The van der Waals surface area contributed by atoms with Crippen molar-refractivity contribution in [3.05, 3.63) is 29.6 Å². The third-order valence-electron chi connectivity index (χ3n) is 2.79. The first-order valence-electron chi connectivity index (χ1n) is 5.36. The van der Waals surface area contributed by atoms with Crippen LogP contribution in [0, 0.1) is 5.82 Å². The molecule has 16 heavy (non-hydrogen) atoms. The van der Waals surface area contributed by atoms with E-state index >= 15 is 0 Å². The average Bonchev–Trinajstić information content (AvgIpc) is 2.26. The minimum Gasteiger partial charge on any atom is -0.394 e. The van der Waals surface area contributed by atoms with E-state index in [-0.39, 0.29) is 24.5 Å². The van der Waals surface area contributed by atoms with E-state index < -0.39 is 0 Å². The zero-order valence-corrected chi connectivity index (χ0v) is 9.94. The molecule has 0 saturated carbocycles. The van der Waals surface area contributed by atoms with Crippen LogP contribution >= 0.6 is 0 Å². The maximum Gasteiger partial charge on any atom is 0.130 e. The van der Waals surface area contributed by atoms with Gasteiger partial charge in [-0.15, -0.1) is 0 Å². The average molecular weight is 226 g/mol. The first-order valence-corrected chi connectivity index (χ1v) is 5.36.